The Hall–Kier alpha value is -2.80. The van der Waals surface area contributed by atoms with E-state index in [1.54, 1.807) is 18.6 Å². The second-order valence-corrected chi connectivity index (χ2v) is 8.90. The van der Waals surface area contributed by atoms with E-state index < -0.39 is 5.60 Å². The molecule has 2 aromatic heterocycles. The monoisotopic (exact) mass is 448 g/mol. The molecule has 5 rings (SSSR count). The summed E-state index contributed by atoms with van der Waals surface area (Å²) in [5.41, 5.74) is 2.29. The number of hydrogen-bond acceptors (Lipinski definition) is 5. The van der Waals surface area contributed by atoms with Crippen LogP contribution < -0.4 is 0 Å². The molecule has 1 spiro atoms. The first-order valence-electron chi connectivity index (χ1n) is 10.8. The summed E-state index contributed by atoms with van der Waals surface area (Å²) in [7, 11) is 0. The smallest absolute Gasteiger partial charge is 0.257 e. The van der Waals surface area contributed by atoms with Crippen molar-refractivity contribution in [2.24, 2.45) is 0 Å². The number of likely N-dealkylation sites (tertiary alicyclic amines) is 1. The van der Waals surface area contributed by atoms with Crippen molar-refractivity contribution < 1.29 is 9.53 Å². The molecule has 0 radical (unpaired) electrons. The van der Waals surface area contributed by atoms with Crippen LogP contribution >= 0.6 is 11.6 Å². The second-order valence-electron chi connectivity index (χ2n) is 8.46. The van der Waals surface area contributed by atoms with Crippen LogP contribution in [0.2, 0.25) is 5.02 Å². The number of carbonyl (C=O) groups is 1. The van der Waals surface area contributed by atoms with Gasteiger partial charge < -0.3 is 9.64 Å². The minimum atomic E-state index is -0.924. The molecule has 32 heavy (non-hydrogen) atoms. The largest absolute Gasteiger partial charge is 0.361 e. The Bertz CT molecular complexity index is 1080. The third-order valence-corrected chi connectivity index (χ3v) is 6.57. The molecule has 0 bridgehead atoms. The lowest BCUT2D eigenvalue weighted by Crippen LogP contribution is -2.59. The van der Waals surface area contributed by atoms with Gasteiger partial charge in [0.2, 0.25) is 0 Å². The Morgan fingerprint density at radius 3 is 2.69 bits per heavy atom. The van der Waals surface area contributed by atoms with Crippen molar-refractivity contribution in [2.45, 2.75) is 24.6 Å². The van der Waals surface area contributed by atoms with Crippen LogP contribution in [0.5, 0.6) is 0 Å². The number of pyridine rings is 2. The molecule has 0 unspecified atom stereocenters. The topological polar surface area (TPSA) is 58.6 Å². The molecule has 6 nitrogen and oxygen atoms in total. The van der Waals surface area contributed by atoms with Gasteiger partial charge in [-0.25, -0.2) is 0 Å². The van der Waals surface area contributed by atoms with E-state index >= 15 is 0 Å². The van der Waals surface area contributed by atoms with E-state index in [4.69, 9.17) is 16.3 Å². The third-order valence-electron chi connectivity index (χ3n) is 6.34. The summed E-state index contributed by atoms with van der Waals surface area (Å²) in [5.74, 6) is -0.0499. The molecular weight excluding hydrogens is 424 g/mol. The molecule has 2 atom stereocenters. The number of rotatable bonds is 5. The van der Waals surface area contributed by atoms with Crippen molar-refractivity contribution in [3.05, 3.63) is 95.0 Å². The van der Waals surface area contributed by atoms with Crippen molar-refractivity contribution in [2.75, 3.05) is 26.2 Å². The fraction of sp³-hybridized carbons (Fsp3) is 0.320. The van der Waals surface area contributed by atoms with Crippen LogP contribution in [0.3, 0.4) is 0 Å². The lowest BCUT2D eigenvalue weighted by Gasteiger charge is -2.42. The molecule has 4 heterocycles. The van der Waals surface area contributed by atoms with Gasteiger partial charge in [-0.2, -0.15) is 0 Å². The van der Waals surface area contributed by atoms with E-state index in [1.807, 2.05) is 53.6 Å². The molecule has 1 aromatic carbocycles. The van der Waals surface area contributed by atoms with Crippen LogP contribution in [0.4, 0.5) is 0 Å². The second kappa shape index (κ2) is 8.98. The van der Waals surface area contributed by atoms with Crippen LogP contribution in [0, 0.1) is 0 Å². The quantitative estimate of drug-likeness (QED) is 0.597. The van der Waals surface area contributed by atoms with Gasteiger partial charge in [0.05, 0.1) is 6.61 Å². The van der Waals surface area contributed by atoms with Gasteiger partial charge in [-0.05, 0) is 47.0 Å². The van der Waals surface area contributed by atoms with Crippen LogP contribution in [0.15, 0.2) is 73.3 Å². The van der Waals surface area contributed by atoms with E-state index in [0.717, 1.165) is 16.7 Å². The van der Waals surface area contributed by atoms with Crippen LogP contribution in [-0.4, -0.2) is 57.5 Å². The minimum Gasteiger partial charge on any atom is -0.361 e. The van der Waals surface area contributed by atoms with Gasteiger partial charge in [-0.15, -0.1) is 0 Å². The summed E-state index contributed by atoms with van der Waals surface area (Å²) in [6.07, 6.45) is 7.13. The maximum Gasteiger partial charge on any atom is 0.257 e. The first-order valence-corrected chi connectivity index (χ1v) is 11.2. The van der Waals surface area contributed by atoms with Gasteiger partial charge in [0.1, 0.15) is 0 Å². The highest BCUT2D eigenvalue weighted by atomic mass is 35.5. The molecule has 7 heteroatoms. The van der Waals surface area contributed by atoms with Crippen molar-refractivity contribution in [3.8, 4) is 0 Å². The average Bonchev–Trinajstić information content (AvgIpc) is 3.17. The van der Waals surface area contributed by atoms with E-state index in [-0.39, 0.29) is 11.8 Å². The summed E-state index contributed by atoms with van der Waals surface area (Å²) in [4.78, 5) is 26.5. The number of aromatic nitrogens is 2. The van der Waals surface area contributed by atoms with Gasteiger partial charge in [-0.3, -0.25) is 19.7 Å². The summed E-state index contributed by atoms with van der Waals surface area (Å²) < 4.78 is 6.37. The predicted molar refractivity (Wildman–Crippen MR) is 122 cm³/mol. The zero-order chi connectivity index (χ0) is 22.0. The Labute approximate surface area is 192 Å². The Balaban J connectivity index is 1.45. The first-order chi connectivity index (χ1) is 15.6. The van der Waals surface area contributed by atoms with Crippen LogP contribution in [0.25, 0.3) is 0 Å². The number of hydrogen-bond donors (Lipinski definition) is 0. The number of halogens is 1. The number of amides is 1. The summed E-state index contributed by atoms with van der Waals surface area (Å²) in [5, 5.41) is 0.716. The highest BCUT2D eigenvalue weighted by Gasteiger charge is 2.56. The van der Waals surface area contributed by atoms with E-state index in [2.05, 4.69) is 20.9 Å². The van der Waals surface area contributed by atoms with Gasteiger partial charge in [0.15, 0.2) is 5.60 Å². The summed E-state index contributed by atoms with van der Waals surface area (Å²) in [6.45, 7) is 3.61. The lowest BCUT2D eigenvalue weighted by atomic mass is 9.83. The lowest BCUT2D eigenvalue weighted by molar-refractivity contribution is -0.173. The Morgan fingerprint density at radius 1 is 1.03 bits per heavy atom. The van der Waals surface area contributed by atoms with Gasteiger partial charge in [-0.1, -0.05) is 29.8 Å². The standard InChI is InChI=1S/C25H25ClN4O2/c26-22-5-1-3-20(13-22)15-29-17-23(21-4-2-8-28-14-21)25(18-29)24(31)30(11-12-32-25)16-19-6-9-27-10-7-19/h1-10,13-14,23H,11-12,15-18H2/t23-,25-/m0/s1. The van der Waals surface area contributed by atoms with Gasteiger partial charge >= 0.3 is 0 Å². The number of nitrogens with zero attached hydrogens (tertiary/aromatic N) is 4. The highest BCUT2D eigenvalue weighted by molar-refractivity contribution is 6.30. The third kappa shape index (κ3) is 4.13. The van der Waals surface area contributed by atoms with Crippen LogP contribution in [0.1, 0.15) is 22.6 Å². The molecule has 2 aliphatic heterocycles. The molecular formula is C25H25ClN4O2. The summed E-state index contributed by atoms with van der Waals surface area (Å²) >= 11 is 6.20. The average molecular weight is 449 g/mol. The molecule has 2 saturated heterocycles. The zero-order valence-electron chi connectivity index (χ0n) is 17.7. The van der Waals surface area contributed by atoms with Crippen molar-refractivity contribution in [1.82, 2.24) is 19.8 Å². The van der Waals surface area contributed by atoms with Gasteiger partial charge in [0, 0.05) is 68.5 Å². The summed E-state index contributed by atoms with van der Waals surface area (Å²) in [6, 6.07) is 15.7. The fourth-order valence-corrected chi connectivity index (χ4v) is 5.09. The molecule has 164 valence electrons. The maximum atomic E-state index is 13.9. The molecule has 3 aromatic rings. The molecule has 1 amide bonds. The molecule has 0 saturated carbocycles. The van der Waals surface area contributed by atoms with Crippen molar-refractivity contribution in [1.29, 1.82) is 0 Å². The number of morpholine rings is 1. The Kier molecular flexibility index (Phi) is 5.91. The van der Waals surface area contributed by atoms with E-state index in [1.165, 1.54) is 0 Å². The van der Waals surface area contributed by atoms with E-state index in [9.17, 15) is 4.79 Å². The SMILES string of the molecule is O=C1N(Cc2ccncc2)CCO[C@]12CN(Cc1cccc(Cl)c1)C[C@H]2c1cccnc1. The number of carbonyl (C=O) groups excluding carboxylic acids is 1. The highest BCUT2D eigenvalue weighted by Crippen LogP contribution is 2.42. The van der Waals surface area contributed by atoms with Gasteiger partial charge in [0.25, 0.3) is 5.91 Å². The molecule has 0 N–H and O–H groups in total. The van der Waals surface area contributed by atoms with Crippen molar-refractivity contribution >= 4 is 17.5 Å². The normalized spacial score (nSPS) is 23.7. The first kappa shape index (κ1) is 21.1. The zero-order valence-corrected chi connectivity index (χ0v) is 18.5. The molecule has 0 aliphatic carbocycles. The molecule has 2 fully saturated rings. The fourth-order valence-electron chi connectivity index (χ4n) is 4.87. The minimum absolute atomic E-state index is 0.0445. The van der Waals surface area contributed by atoms with Crippen molar-refractivity contribution in [3.63, 3.8) is 0 Å². The predicted octanol–water partition coefficient (Wildman–Crippen LogP) is 3.53. The van der Waals surface area contributed by atoms with Crippen LogP contribution in [-0.2, 0) is 22.6 Å². The number of benzene rings is 1. The van der Waals surface area contributed by atoms with E-state index in [0.29, 0.717) is 44.4 Å². The maximum absolute atomic E-state index is 13.9. The molecule has 2 aliphatic rings. The Morgan fingerprint density at radius 2 is 1.91 bits per heavy atom. The number of ether oxygens (including phenoxy) is 1.